The number of carbonyl (C=O) groups excluding carboxylic acids is 1. The van der Waals surface area contributed by atoms with Crippen molar-refractivity contribution in [1.82, 2.24) is 0 Å². The summed E-state index contributed by atoms with van der Waals surface area (Å²) >= 11 is 1.31. The Bertz CT molecular complexity index is 628. The lowest BCUT2D eigenvalue weighted by atomic mass is 10.0. The van der Waals surface area contributed by atoms with E-state index in [9.17, 15) is 14.3 Å². The summed E-state index contributed by atoms with van der Waals surface area (Å²) in [4.78, 5) is 11.2. The molecule has 2 aromatic carbocycles. The zero-order valence-corrected chi connectivity index (χ0v) is 13.0. The predicted octanol–water partition coefficient (Wildman–Crippen LogP) is 3.43. The molecule has 0 spiro atoms. The molecule has 1 N–H and O–H groups in total. The van der Waals surface area contributed by atoms with E-state index in [2.05, 4.69) is 4.74 Å². The first-order valence-corrected chi connectivity index (χ1v) is 7.84. The van der Waals surface area contributed by atoms with Crippen molar-refractivity contribution in [2.45, 2.75) is 5.25 Å². The molecule has 5 heteroatoms. The average molecular weight is 320 g/mol. The van der Waals surface area contributed by atoms with Crippen molar-refractivity contribution in [1.29, 1.82) is 0 Å². The normalized spacial score (nSPS) is 12.0. The van der Waals surface area contributed by atoms with Crippen LogP contribution in [0.4, 0.5) is 4.39 Å². The minimum atomic E-state index is -0.327. The topological polar surface area (TPSA) is 46.5 Å². The first kappa shape index (κ1) is 16.5. The number of halogens is 1. The SMILES string of the molecule is COC(=O)CSC(CO)c1ccc(-c2ccccc2F)cc1. The molecule has 0 radical (unpaired) electrons. The number of rotatable bonds is 6. The molecule has 0 aliphatic heterocycles. The van der Waals surface area contributed by atoms with E-state index in [0.717, 1.165) is 11.1 Å². The third-order valence-electron chi connectivity index (χ3n) is 3.26. The van der Waals surface area contributed by atoms with Crippen molar-refractivity contribution < 1.29 is 19.0 Å². The highest BCUT2D eigenvalue weighted by Crippen LogP contribution is 2.30. The molecule has 0 heterocycles. The summed E-state index contributed by atoms with van der Waals surface area (Å²) in [5.74, 6) is -0.419. The number of hydrogen-bond acceptors (Lipinski definition) is 4. The highest BCUT2D eigenvalue weighted by molar-refractivity contribution is 8.00. The number of thioether (sulfide) groups is 1. The Morgan fingerprint density at radius 1 is 1.23 bits per heavy atom. The van der Waals surface area contributed by atoms with Crippen molar-refractivity contribution >= 4 is 17.7 Å². The number of aliphatic hydroxyl groups is 1. The van der Waals surface area contributed by atoms with Crippen LogP contribution in [-0.4, -0.2) is 30.5 Å². The Labute approximate surface area is 133 Å². The van der Waals surface area contributed by atoms with E-state index in [4.69, 9.17) is 0 Å². The Morgan fingerprint density at radius 2 is 1.91 bits per heavy atom. The van der Waals surface area contributed by atoms with E-state index in [1.807, 2.05) is 24.3 Å². The van der Waals surface area contributed by atoms with Crippen LogP contribution in [0.15, 0.2) is 48.5 Å². The van der Waals surface area contributed by atoms with Crippen LogP contribution in [0.25, 0.3) is 11.1 Å². The van der Waals surface area contributed by atoms with Crippen LogP contribution in [0.1, 0.15) is 10.8 Å². The van der Waals surface area contributed by atoms with Gasteiger partial charge in [0.15, 0.2) is 0 Å². The third kappa shape index (κ3) is 4.08. The lowest BCUT2D eigenvalue weighted by Gasteiger charge is -2.14. The maximum absolute atomic E-state index is 13.8. The summed E-state index contributed by atoms with van der Waals surface area (Å²) in [5, 5.41) is 9.25. The summed E-state index contributed by atoms with van der Waals surface area (Å²) < 4.78 is 18.3. The van der Waals surface area contributed by atoms with E-state index in [-0.39, 0.29) is 29.4 Å². The van der Waals surface area contributed by atoms with Crippen molar-refractivity contribution in [3.8, 4) is 11.1 Å². The Hall–Kier alpha value is -1.85. The summed E-state index contributed by atoms with van der Waals surface area (Å²) in [6, 6.07) is 13.9. The average Bonchev–Trinajstić information content (AvgIpc) is 2.56. The molecule has 0 bridgehead atoms. The number of hydrogen-bond donors (Lipinski definition) is 1. The summed E-state index contributed by atoms with van der Waals surface area (Å²) in [6.07, 6.45) is 0. The second-order valence-corrected chi connectivity index (χ2v) is 5.85. The Kier molecular flexibility index (Phi) is 5.98. The molecule has 2 aromatic rings. The van der Waals surface area contributed by atoms with Gasteiger partial charge in [-0.15, -0.1) is 11.8 Å². The van der Waals surface area contributed by atoms with Crippen LogP contribution in [0.5, 0.6) is 0 Å². The standard InChI is InChI=1S/C17H17FO3S/c1-21-17(20)11-22-16(10-19)13-8-6-12(7-9-13)14-4-2-3-5-15(14)18/h2-9,16,19H,10-11H2,1H3. The fourth-order valence-electron chi connectivity index (χ4n) is 2.05. The third-order valence-corrected chi connectivity index (χ3v) is 4.49. The van der Waals surface area contributed by atoms with Crippen molar-refractivity contribution in [2.75, 3.05) is 19.5 Å². The molecule has 1 atom stereocenters. The molecular formula is C17H17FO3S. The van der Waals surface area contributed by atoms with Gasteiger partial charge in [-0.2, -0.15) is 0 Å². The van der Waals surface area contributed by atoms with Gasteiger partial charge in [-0.05, 0) is 17.2 Å². The van der Waals surface area contributed by atoms with Gasteiger partial charge in [-0.3, -0.25) is 4.79 Å². The molecule has 0 aromatic heterocycles. The summed E-state index contributed by atoms with van der Waals surface area (Å²) in [6.45, 7) is -0.0826. The Morgan fingerprint density at radius 3 is 2.50 bits per heavy atom. The van der Waals surface area contributed by atoms with E-state index in [0.29, 0.717) is 5.56 Å². The number of aliphatic hydroxyl groups excluding tert-OH is 1. The smallest absolute Gasteiger partial charge is 0.315 e. The van der Waals surface area contributed by atoms with Crippen LogP contribution in [0, 0.1) is 5.82 Å². The quantitative estimate of drug-likeness (QED) is 0.828. The number of carbonyl (C=O) groups is 1. The molecule has 0 fully saturated rings. The fraction of sp³-hybridized carbons (Fsp3) is 0.235. The van der Waals surface area contributed by atoms with Gasteiger partial charge >= 0.3 is 5.97 Å². The molecule has 22 heavy (non-hydrogen) atoms. The van der Waals surface area contributed by atoms with Gasteiger partial charge in [-0.1, -0.05) is 42.5 Å². The zero-order valence-electron chi connectivity index (χ0n) is 12.2. The summed E-state index contributed by atoms with van der Waals surface area (Å²) in [7, 11) is 1.33. The van der Waals surface area contributed by atoms with Gasteiger partial charge < -0.3 is 9.84 Å². The van der Waals surface area contributed by atoms with E-state index >= 15 is 0 Å². The zero-order chi connectivity index (χ0) is 15.9. The van der Waals surface area contributed by atoms with Gasteiger partial charge in [0, 0.05) is 5.56 Å². The second kappa shape index (κ2) is 7.96. The molecule has 3 nitrogen and oxygen atoms in total. The van der Waals surface area contributed by atoms with Gasteiger partial charge in [0.2, 0.25) is 0 Å². The number of esters is 1. The largest absolute Gasteiger partial charge is 0.468 e. The molecular weight excluding hydrogens is 303 g/mol. The van der Waals surface area contributed by atoms with Gasteiger partial charge in [0.05, 0.1) is 24.7 Å². The molecule has 0 amide bonds. The predicted molar refractivity (Wildman–Crippen MR) is 86.1 cm³/mol. The molecule has 1 unspecified atom stereocenters. The summed E-state index contributed by atoms with van der Waals surface area (Å²) in [5.41, 5.74) is 2.20. The molecule has 0 saturated heterocycles. The minimum Gasteiger partial charge on any atom is -0.468 e. The molecule has 116 valence electrons. The molecule has 0 aliphatic carbocycles. The number of methoxy groups -OCH3 is 1. The maximum atomic E-state index is 13.8. The minimum absolute atomic E-state index is 0.0826. The highest BCUT2D eigenvalue weighted by Gasteiger charge is 2.14. The van der Waals surface area contributed by atoms with Gasteiger partial charge in [-0.25, -0.2) is 4.39 Å². The lowest BCUT2D eigenvalue weighted by molar-refractivity contribution is -0.137. The molecule has 0 aliphatic rings. The van der Waals surface area contributed by atoms with Crippen molar-refractivity contribution in [3.63, 3.8) is 0 Å². The van der Waals surface area contributed by atoms with Crippen LogP contribution in [0.2, 0.25) is 0 Å². The van der Waals surface area contributed by atoms with Gasteiger partial charge in [0.25, 0.3) is 0 Å². The molecule has 0 saturated carbocycles. The number of benzene rings is 2. The van der Waals surface area contributed by atoms with Crippen molar-refractivity contribution in [2.24, 2.45) is 0 Å². The van der Waals surface area contributed by atoms with Crippen LogP contribution in [0.3, 0.4) is 0 Å². The lowest BCUT2D eigenvalue weighted by Crippen LogP contribution is -2.08. The monoisotopic (exact) mass is 320 g/mol. The van der Waals surface area contributed by atoms with Crippen LogP contribution >= 0.6 is 11.8 Å². The number of ether oxygens (including phenoxy) is 1. The van der Waals surface area contributed by atoms with E-state index in [1.165, 1.54) is 24.9 Å². The Balaban J connectivity index is 2.13. The van der Waals surface area contributed by atoms with E-state index < -0.39 is 0 Å². The fourth-order valence-corrected chi connectivity index (χ4v) is 2.96. The van der Waals surface area contributed by atoms with Crippen LogP contribution in [-0.2, 0) is 9.53 Å². The first-order valence-electron chi connectivity index (χ1n) is 6.80. The maximum Gasteiger partial charge on any atom is 0.315 e. The van der Waals surface area contributed by atoms with E-state index in [1.54, 1.807) is 18.2 Å². The highest BCUT2D eigenvalue weighted by atomic mass is 32.2. The van der Waals surface area contributed by atoms with Gasteiger partial charge in [0.1, 0.15) is 5.82 Å². The first-order chi connectivity index (χ1) is 10.7. The van der Waals surface area contributed by atoms with Crippen molar-refractivity contribution in [3.05, 3.63) is 59.9 Å². The molecule has 2 rings (SSSR count). The van der Waals surface area contributed by atoms with Crippen LogP contribution < -0.4 is 0 Å². The second-order valence-electron chi connectivity index (χ2n) is 4.66.